The number of nitrogens with zero attached hydrogens (tertiary/aromatic N) is 2. The van der Waals surface area contributed by atoms with Gasteiger partial charge in [0.25, 0.3) is 0 Å². The highest BCUT2D eigenvalue weighted by molar-refractivity contribution is 7.98. The molecule has 1 N–H and O–H groups in total. The van der Waals surface area contributed by atoms with Crippen LogP contribution in [-0.2, 0) is 0 Å². The molecule has 0 aliphatic rings. The van der Waals surface area contributed by atoms with Crippen molar-refractivity contribution >= 4 is 39.1 Å². The number of rotatable bonds is 5. The summed E-state index contributed by atoms with van der Waals surface area (Å²) in [7, 11) is 0. The molecule has 0 fully saturated rings. The SMILES string of the molecule is CSCCC(C)Nc1ncnc2sccc12. The van der Waals surface area contributed by atoms with Gasteiger partial charge >= 0.3 is 0 Å². The minimum atomic E-state index is 0.449. The quantitative estimate of drug-likeness (QED) is 0.887. The van der Waals surface area contributed by atoms with Gasteiger partial charge in [0.15, 0.2) is 0 Å². The van der Waals surface area contributed by atoms with Gasteiger partial charge in [-0.05, 0) is 36.8 Å². The van der Waals surface area contributed by atoms with Gasteiger partial charge in [-0.15, -0.1) is 11.3 Å². The molecule has 3 nitrogen and oxygen atoms in total. The van der Waals surface area contributed by atoms with Crippen molar-refractivity contribution in [1.29, 1.82) is 0 Å². The summed E-state index contributed by atoms with van der Waals surface area (Å²) in [4.78, 5) is 9.59. The molecule has 0 aliphatic carbocycles. The van der Waals surface area contributed by atoms with Crippen LogP contribution in [0.25, 0.3) is 10.2 Å². The highest BCUT2D eigenvalue weighted by Gasteiger charge is 2.07. The molecule has 86 valence electrons. The average Bonchev–Trinajstić information content (AvgIpc) is 2.75. The number of hydrogen-bond donors (Lipinski definition) is 1. The van der Waals surface area contributed by atoms with Crippen molar-refractivity contribution in [3.05, 3.63) is 17.8 Å². The molecule has 2 heterocycles. The third kappa shape index (κ3) is 2.65. The second-order valence-electron chi connectivity index (χ2n) is 3.69. The standard InChI is InChI=1S/C11H15N3S2/c1-8(3-5-15-2)14-10-9-4-6-16-11(9)13-7-12-10/h4,6-8H,3,5H2,1-2H3,(H,12,13,14). The molecule has 0 aliphatic heterocycles. The molecular weight excluding hydrogens is 238 g/mol. The van der Waals surface area contributed by atoms with E-state index in [1.165, 1.54) is 5.75 Å². The predicted octanol–water partition coefficient (Wildman–Crippen LogP) is 3.24. The lowest BCUT2D eigenvalue weighted by Gasteiger charge is -2.14. The van der Waals surface area contributed by atoms with Crippen LogP contribution in [-0.4, -0.2) is 28.0 Å². The minimum absolute atomic E-state index is 0.449. The first-order chi connectivity index (χ1) is 7.81. The molecule has 5 heteroatoms. The fraction of sp³-hybridized carbons (Fsp3) is 0.455. The lowest BCUT2D eigenvalue weighted by atomic mass is 10.2. The van der Waals surface area contributed by atoms with E-state index in [0.717, 1.165) is 22.5 Å². The van der Waals surface area contributed by atoms with Crippen molar-refractivity contribution in [2.75, 3.05) is 17.3 Å². The van der Waals surface area contributed by atoms with Gasteiger partial charge < -0.3 is 5.32 Å². The number of aromatic nitrogens is 2. The van der Waals surface area contributed by atoms with Crippen LogP contribution in [0.1, 0.15) is 13.3 Å². The molecule has 0 aromatic carbocycles. The monoisotopic (exact) mass is 253 g/mol. The molecule has 0 amide bonds. The van der Waals surface area contributed by atoms with Crippen LogP contribution in [0.4, 0.5) is 5.82 Å². The summed E-state index contributed by atoms with van der Waals surface area (Å²) in [5.74, 6) is 2.13. The molecule has 0 radical (unpaired) electrons. The van der Waals surface area contributed by atoms with E-state index in [9.17, 15) is 0 Å². The molecule has 2 aromatic heterocycles. The normalized spacial score (nSPS) is 12.9. The van der Waals surface area contributed by atoms with Gasteiger partial charge in [-0.2, -0.15) is 11.8 Å². The number of fused-ring (bicyclic) bond motifs is 1. The number of nitrogens with one attached hydrogen (secondary N) is 1. The van der Waals surface area contributed by atoms with Crippen LogP contribution in [0.15, 0.2) is 17.8 Å². The Kier molecular flexibility index (Phi) is 4.01. The van der Waals surface area contributed by atoms with E-state index in [4.69, 9.17) is 0 Å². The van der Waals surface area contributed by atoms with Crippen molar-refractivity contribution in [2.45, 2.75) is 19.4 Å². The highest BCUT2D eigenvalue weighted by atomic mass is 32.2. The smallest absolute Gasteiger partial charge is 0.138 e. The number of hydrogen-bond acceptors (Lipinski definition) is 5. The van der Waals surface area contributed by atoms with E-state index in [0.29, 0.717) is 6.04 Å². The van der Waals surface area contributed by atoms with Gasteiger partial charge in [-0.25, -0.2) is 9.97 Å². The summed E-state index contributed by atoms with van der Waals surface area (Å²) < 4.78 is 0. The van der Waals surface area contributed by atoms with Gasteiger partial charge in [0.1, 0.15) is 17.0 Å². The van der Waals surface area contributed by atoms with Crippen LogP contribution in [0.3, 0.4) is 0 Å². The molecule has 0 bridgehead atoms. The lowest BCUT2D eigenvalue weighted by Crippen LogP contribution is -2.16. The molecule has 2 rings (SSSR count). The van der Waals surface area contributed by atoms with E-state index < -0.39 is 0 Å². The maximum atomic E-state index is 4.30. The molecule has 1 unspecified atom stereocenters. The second kappa shape index (κ2) is 5.50. The second-order valence-corrected chi connectivity index (χ2v) is 5.57. The Bertz CT molecular complexity index is 455. The van der Waals surface area contributed by atoms with Gasteiger partial charge in [0.05, 0.1) is 5.39 Å². The third-order valence-electron chi connectivity index (χ3n) is 2.40. The van der Waals surface area contributed by atoms with Crippen molar-refractivity contribution in [2.24, 2.45) is 0 Å². The number of thiophene rings is 1. The topological polar surface area (TPSA) is 37.8 Å². The first-order valence-electron chi connectivity index (χ1n) is 5.25. The predicted molar refractivity (Wildman–Crippen MR) is 73.5 cm³/mol. The lowest BCUT2D eigenvalue weighted by molar-refractivity contribution is 0.768. The number of anilines is 1. The zero-order chi connectivity index (χ0) is 11.4. The van der Waals surface area contributed by atoms with E-state index >= 15 is 0 Å². The van der Waals surface area contributed by atoms with Gasteiger partial charge in [-0.1, -0.05) is 0 Å². The summed E-state index contributed by atoms with van der Waals surface area (Å²) in [5.41, 5.74) is 0. The summed E-state index contributed by atoms with van der Waals surface area (Å²) in [6.07, 6.45) is 4.91. The van der Waals surface area contributed by atoms with E-state index in [-0.39, 0.29) is 0 Å². The van der Waals surface area contributed by atoms with Gasteiger partial charge in [-0.3, -0.25) is 0 Å². The zero-order valence-corrected chi connectivity index (χ0v) is 11.1. The number of thioether (sulfide) groups is 1. The maximum Gasteiger partial charge on any atom is 0.138 e. The van der Waals surface area contributed by atoms with E-state index in [1.807, 2.05) is 11.8 Å². The Morgan fingerprint density at radius 1 is 1.50 bits per heavy atom. The van der Waals surface area contributed by atoms with Crippen molar-refractivity contribution in [1.82, 2.24) is 9.97 Å². The van der Waals surface area contributed by atoms with E-state index in [1.54, 1.807) is 17.7 Å². The molecule has 0 spiro atoms. The van der Waals surface area contributed by atoms with Gasteiger partial charge in [0.2, 0.25) is 0 Å². The van der Waals surface area contributed by atoms with Crippen LogP contribution < -0.4 is 5.32 Å². The molecule has 2 aromatic rings. The largest absolute Gasteiger partial charge is 0.367 e. The Hall–Kier alpha value is -0.810. The first-order valence-corrected chi connectivity index (χ1v) is 7.52. The van der Waals surface area contributed by atoms with Gasteiger partial charge in [0, 0.05) is 6.04 Å². The summed E-state index contributed by atoms with van der Waals surface area (Å²) in [5, 5.41) is 6.63. The van der Waals surface area contributed by atoms with Crippen molar-refractivity contribution in [3.63, 3.8) is 0 Å². The first kappa shape index (κ1) is 11.7. The molecule has 16 heavy (non-hydrogen) atoms. The Morgan fingerprint density at radius 2 is 2.38 bits per heavy atom. The molecule has 1 atom stereocenters. The fourth-order valence-electron chi connectivity index (χ4n) is 1.51. The highest BCUT2D eigenvalue weighted by Crippen LogP contribution is 2.24. The molecule has 0 saturated heterocycles. The van der Waals surface area contributed by atoms with E-state index in [2.05, 4.69) is 39.9 Å². The van der Waals surface area contributed by atoms with Crippen molar-refractivity contribution in [3.8, 4) is 0 Å². The minimum Gasteiger partial charge on any atom is -0.367 e. The summed E-state index contributed by atoms with van der Waals surface area (Å²) >= 11 is 3.53. The van der Waals surface area contributed by atoms with Crippen LogP contribution in [0.5, 0.6) is 0 Å². The summed E-state index contributed by atoms with van der Waals surface area (Å²) in [6.45, 7) is 2.19. The molecule has 0 saturated carbocycles. The van der Waals surface area contributed by atoms with Crippen LogP contribution in [0.2, 0.25) is 0 Å². The maximum absolute atomic E-state index is 4.30. The third-order valence-corrected chi connectivity index (χ3v) is 3.86. The fourth-order valence-corrected chi connectivity index (χ4v) is 2.83. The van der Waals surface area contributed by atoms with Crippen LogP contribution >= 0.6 is 23.1 Å². The van der Waals surface area contributed by atoms with Crippen LogP contribution in [0, 0.1) is 0 Å². The average molecular weight is 253 g/mol. The molecular formula is C11H15N3S2. The Balaban J connectivity index is 2.11. The summed E-state index contributed by atoms with van der Waals surface area (Å²) in [6, 6.07) is 2.52. The van der Waals surface area contributed by atoms with Crippen molar-refractivity contribution < 1.29 is 0 Å². The zero-order valence-electron chi connectivity index (χ0n) is 9.43. The Labute approximate surface area is 104 Å². The Morgan fingerprint density at radius 3 is 3.19 bits per heavy atom.